The molecule has 0 bridgehead atoms. The van der Waals surface area contributed by atoms with Crippen molar-refractivity contribution in [3.63, 3.8) is 0 Å². The molecule has 6 heteroatoms. The summed E-state index contributed by atoms with van der Waals surface area (Å²) in [5.74, 6) is 0. The van der Waals surface area contributed by atoms with E-state index in [1.807, 2.05) is 6.26 Å². The monoisotopic (exact) mass is 295 g/mol. The lowest BCUT2D eigenvalue weighted by atomic mass is 9.94. The highest BCUT2D eigenvalue weighted by molar-refractivity contribution is 7.99. The van der Waals surface area contributed by atoms with Gasteiger partial charge in [-0.2, -0.15) is 0 Å². The molecule has 0 atom stereocenters. The molecule has 2 aromatic rings. The molecule has 1 aliphatic heterocycles. The standard InChI is InChI=1S/C13H17N3OS2/c1-13(2)5-7-8(6-17-13)14-10-9(7)11(18-3)16-12(15-10)19-4/h5-6H2,1-4H3,(H,14,15,16). The predicted octanol–water partition coefficient (Wildman–Crippen LogP) is 3.25. The van der Waals surface area contributed by atoms with Crippen LogP contribution in [0.1, 0.15) is 25.1 Å². The minimum absolute atomic E-state index is 0.115. The van der Waals surface area contributed by atoms with Gasteiger partial charge in [-0.25, -0.2) is 9.97 Å². The summed E-state index contributed by atoms with van der Waals surface area (Å²) in [7, 11) is 0. The molecule has 0 fully saturated rings. The second kappa shape index (κ2) is 4.68. The molecular weight excluding hydrogens is 278 g/mol. The van der Waals surface area contributed by atoms with E-state index in [-0.39, 0.29) is 5.60 Å². The highest BCUT2D eigenvalue weighted by Crippen LogP contribution is 2.36. The minimum atomic E-state index is -0.115. The van der Waals surface area contributed by atoms with Gasteiger partial charge in [0.15, 0.2) is 5.16 Å². The van der Waals surface area contributed by atoms with Gasteiger partial charge >= 0.3 is 0 Å². The van der Waals surface area contributed by atoms with Crippen molar-refractivity contribution in [1.29, 1.82) is 0 Å². The molecule has 0 radical (unpaired) electrons. The predicted molar refractivity (Wildman–Crippen MR) is 80.0 cm³/mol. The SMILES string of the molecule is CSc1nc(SC)c2c3c([nH]c2n1)COC(C)(C)C3. The van der Waals surface area contributed by atoms with Gasteiger partial charge in [0.25, 0.3) is 0 Å². The van der Waals surface area contributed by atoms with E-state index in [9.17, 15) is 0 Å². The van der Waals surface area contributed by atoms with Gasteiger partial charge in [0.2, 0.25) is 0 Å². The van der Waals surface area contributed by atoms with Crippen LogP contribution in [-0.2, 0) is 17.8 Å². The molecule has 0 saturated carbocycles. The Morgan fingerprint density at radius 1 is 1.21 bits per heavy atom. The minimum Gasteiger partial charge on any atom is -0.369 e. The van der Waals surface area contributed by atoms with Gasteiger partial charge in [0.05, 0.1) is 17.6 Å². The molecule has 0 amide bonds. The summed E-state index contributed by atoms with van der Waals surface area (Å²) < 4.78 is 5.86. The Bertz CT molecular complexity index is 636. The molecule has 0 aliphatic carbocycles. The van der Waals surface area contributed by atoms with Gasteiger partial charge in [0, 0.05) is 12.1 Å². The summed E-state index contributed by atoms with van der Waals surface area (Å²) in [4.78, 5) is 12.6. The Labute approximate surface area is 121 Å². The van der Waals surface area contributed by atoms with Crippen molar-refractivity contribution >= 4 is 34.6 Å². The normalized spacial score (nSPS) is 17.7. The third-order valence-corrected chi connectivity index (χ3v) is 4.61. The van der Waals surface area contributed by atoms with Crippen LogP contribution in [0.2, 0.25) is 0 Å². The van der Waals surface area contributed by atoms with E-state index < -0.39 is 0 Å². The van der Waals surface area contributed by atoms with Crippen LogP contribution < -0.4 is 0 Å². The average Bonchev–Trinajstić information content (AvgIpc) is 2.74. The van der Waals surface area contributed by atoms with Crippen LogP contribution in [0, 0.1) is 0 Å². The lowest BCUT2D eigenvalue weighted by Crippen LogP contribution is -2.31. The van der Waals surface area contributed by atoms with Gasteiger partial charge in [-0.3, -0.25) is 0 Å². The summed E-state index contributed by atoms with van der Waals surface area (Å²) in [5, 5.41) is 3.05. The fraction of sp³-hybridized carbons (Fsp3) is 0.538. The number of nitrogens with zero attached hydrogens (tertiary/aromatic N) is 2. The number of aromatic amines is 1. The molecule has 0 spiro atoms. The zero-order valence-electron chi connectivity index (χ0n) is 11.5. The smallest absolute Gasteiger partial charge is 0.190 e. The summed E-state index contributed by atoms with van der Waals surface area (Å²) in [6.07, 6.45) is 4.97. The van der Waals surface area contributed by atoms with E-state index >= 15 is 0 Å². The summed E-state index contributed by atoms with van der Waals surface area (Å²) in [5.41, 5.74) is 3.30. The third-order valence-electron chi connectivity index (χ3n) is 3.38. The second-order valence-electron chi connectivity index (χ2n) is 5.25. The van der Waals surface area contributed by atoms with Crippen molar-refractivity contribution in [3.05, 3.63) is 11.3 Å². The molecule has 0 saturated heterocycles. The number of thioether (sulfide) groups is 2. The van der Waals surface area contributed by atoms with Crippen molar-refractivity contribution in [2.75, 3.05) is 12.5 Å². The first-order valence-electron chi connectivity index (χ1n) is 6.17. The Kier molecular flexibility index (Phi) is 3.27. The fourth-order valence-corrected chi connectivity index (χ4v) is 3.48. The number of H-pyrrole nitrogens is 1. The lowest BCUT2D eigenvalue weighted by molar-refractivity contribution is -0.0410. The molecule has 1 N–H and O–H groups in total. The molecule has 102 valence electrons. The highest BCUT2D eigenvalue weighted by Gasteiger charge is 2.30. The van der Waals surface area contributed by atoms with Gasteiger partial charge in [-0.05, 0) is 31.9 Å². The van der Waals surface area contributed by atoms with Crippen molar-refractivity contribution in [2.24, 2.45) is 0 Å². The number of ether oxygens (including phenoxy) is 1. The molecule has 3 rings (SSSR count). The second-order valence-corrected chi connectivity index (χ2v) is 6.82. The number of hydrogen-bond donors (Lipinski definition) is 1. The Morgan fingerprint density at radius 3 is 2.68 bits per heavy atom. The molecule has 2 aromatic heterocycles. The van der Waals surface area contributed by atoms with Crippen LogP contribution in [0.25, 0.3) is 11.0 Å². The first-order valence-corrected chi connectivity index (χ1v) is 8.62. The lowest BCUT2D eigenvalue weighted by Gasteiger charge is -2.30. The summed E-state index contributed by atoms with van der Waals surface area (Å²) in [6.45, 7) is 4.89. The number of fused-ring (bicyclic) bond motifs is 3. The van der Waals surface area contributed by atoms with Crippen molar-refractivity contribution < 1.29 is 4.74 Å². The highest BCUT2D eigenvalue weighted by atomic mass is 32.2. The number of aromatic nitrogens is 3. The molecule has 0 unspecified atom stereocenters. The fourth-order valence-electron chi connectivity index (χ4n) is 2.45. The Hall–Kier alpha value is -0.720. The molecule has 3 heterocycles. The van der Waals surface area contributed by atoms with Crippen LogP contribution >= 0.6 is 23.5 Å². The first kappa shape index (κ1) is 13.3. The van der Waals surface area contributed by atoms with Gasteiger partial charge in [0.1, 0.15) is 10.7 Å². The first-order chi connectivity index (χ1) is 9.04. The molecule has 4 nitrogen and oxygen atoms in total. The quantitative estimate of drug-likeness (QED) is 0.523. The van der Waals surface area contributed by atoms with Crippen LogP contribution in [-0.4, -0.2) is 33.1 Å². The zero-order valence-corrected chi connectivity index (χ0v) is 13.2. The maximum absolute atomic E-state index is 5.86. The zero-order chi connectivity index (χ0) is 13.6. The van der Waals surface area contributed by atoms with Crippen molar-refractivity contribution in [3.8, 4) is 0 Å². The molecule has 0 aromatic carbocycles. The summed E-state index contributed by atoms with van der Waals surface area (Å²) in [6, 6.07) is 0. The van der Waals surface area contributed by atoms with Crippen LogP contribution in [0.4, 0.5) is 0 Å². The van der Waals surface area contributed by atoms with Crippen molar-refractivity contribution in [1.82, 2.24) is 15.0 Å². The Morgan fingerprint density at radius 2 is 2.00 bits per heavy atom. The molecule has 1 aliphatic rings. The van der Waals surface area contributed by atoms with Crippen molar-refractivity contribution in [2.45, 2.75) is 42.7 Å². The maximum atomic E-state index is 5.86. The van der Waals surface area contributed by atoms with E-state index in [4.69, 9.17) is 4.74 Å². The maximum Gasteiger partial charge on any atom is 0.190 e. The summed E-state index contributed by atoms with van der Waals surface area (Å²) >= 11 is 3.25. The van der Waals surface area contributed by atoms with E-state index in [0.29, 0.717) is 6.61 Å². The van der Waals surface area contributed by atoms with Crippen LogP contribution in [0.3, 0.4) is 0 Å². The van der Waals surface area contributed by atoms with E-state index in [1.54, 1.807) is 23.5 Å². The van der Waals surface area contributed by atoms with Gasteiger partial charge in [-0.1, -0.05) is 11.8 Å². The Balaban J connectivity index is 2.25. The molecular formula is C13H17N3OS2. The third kappa shape index (κ3) is 2.26. The van der Waals surface area contributed by atoms with Crippen LogP contribution in [0.5, 0.6) is 0 Å². The number of hydrogen-bond acceptors (Lipinski definition) is 5. The van der Waals surface area contributed by atoms with E-state index in [1.165, 1.54) is 10.9 Å². The van der Waals surface area contributed by atoms with E-state index in [2.05, 4.69) is 35.1 Å². The topological polar surface area (TPSA) is 50.8 Å². The number of nitrogens with one attached hydrogen (secondary N) is 1. The van der Waals surface area contributed by atoms with Gasteiger partial charge in [-0.15, -0.1) is 11.8 Å². The average molecular weight is 295 g/mol. The largest absolute Gasteiger partial charge is 0.369 e. The number of rotatable bonds is 2. The van der Waals surface area contributed by atoms with E-state index in [0.717, 1.165) is 27.9 Å². The molecule has 19 heavy (non-hydrogen) atoms. The van der Waals surface area contributed by atoms with Gasteiger partial charge < -0.3 is 9.72 Å². The van der Waals surface area contributed by atoms with Crippen LogP contribution in [0.15, 0.2) is 10.2 Å².